The number of fused-ring (bicyclic) bond motifs is 1. The number of aromatic nitrogens is 1. The third-order valence-corrected chi connectivity index (χ3v) is 3.93. The number of likely N-dealkylation sites (tertiary alicyclic amines) is 1. The van der Waals surface area contributed by atoms with Gasteiger partial charge in [-0.05, 0) is 31.4 Å². The van der Waals surface area contributed by atoms with Gasteiger partial charge < -0.3 is 10.0 Å². The normalized spacial score (nSPS) is 18.7. The Morgan fingerprint density at radius 1 is 1.19 bits per heavy atom. The number of carboxylic acids is 1. The Bertz CT molecular complexity index is 693. The van der Waals surface area contributed by atoms with Crippen molar-refractivity contribution in [2.24, 2.45) is 0 Å². The molecule has 1 N–H and O–H groups in total. The van der Waals surface area contributed by atoms with E-state index in [9.17, 15) is 14.7 Å². The zero-order valence-corrected chi connectivity index (χ0v) is 11.5. The molecule has 1 aliphatic rings. The maximum Gasteiger partial charge on any atom is 0.326 e. The summed E-state index contributed by atoms with van der Waals surface area (Å²) in [4.78, 5) is 29.8. The fourth-order valence-electron chi connectivity index (χ4n) is 2.87. The Kier molecular flexibility index (Phi) is 3.56. The quantitative estimate of drug-likeness (QED) is 0.918. The standard InChI is InChI=1S/C16H16N2O3/c19-15(18-10-4-3-7-14(18)16(20)21)12-8-9-17-13-6-2-1-5-11(12)13/h1-2,5-6,8-9,14H,3-4,7,10H2,(H,20,21)/t14-/m1/s1. The van der Waals surface area contributed by atoms with Gasteiger partial charge in [-0.25, -0.2) is 4.79 Å². The molecule has 0 spiro atoms. The maximum absolute atomic E-state index is 12.8. The van der Waals surface area contributed by atoms with Crippen molar-refractivity contribution in [3.05, 3.63) is 42.1 Å². The van der Waals surface area contributed by atoms with Gasteiger partial charge in [-0.1, -0.05) is 18.2 Å². The largest absolute Gasteiger partial charge is 0.480 e. The van der Waals surface area contributed by atoms with E-state index in [1.54, 1.807) is 12.3 Å². The van der Waals surface area contributed by atoms with Crippen LogP contribution in [-0.4, -0.2) is 39.5 Å². The second-order valence-corrected chi connectivity index (χ2v) is 5.22. The van der Waals surface area contributed by atoms with Crippen LogP contribution in [0.15, 0.2) is 36.5 Å². The number of amides is 1. The van der Waals surface area contributed by atoms with Crippen LogP contribution in [0.4, 0.5) is 0 Å². The van der Waals surface area contributed by atoms with E-state index in [2.05, 4.69) is 4.98 Å². The lowest BCUT2D eigenvalue weighted by molar-refractivity contribution is -0.143. The number of benzene rings is 1. The molecule has 1 fully saturated rings. The highest BCUT2D eigenvalue weighted by Gasteiger charge is 2.32. The van der Waals surface area contributed by atoms with E-state index in [0.29, 0.717) is 18.5 Å². The minimum Gasteiger partial charge on any atom is -0.480 e. The van der Waals surface area contributed by atoms with Crippen LogP contribution in [-0.2, 0) is 4.79 Å². The molecule has 1 atom stereocenters. The molecule has 1 aromatic heterocycles. The molecule has 5 heteroatoms. The van der Waals surface area contributed by atoms with Gasteiger partial charge in [0, 0.05) is 18.1 Å². The van der Waals surface area contributed by atoms with Gasteiger partial charge in [0.2, 0.25) is 0 Å². The van der Waals surface area contributed by atoms with Crippen LogP contribution in [0.3, 0.4) is 0 Å². The van der Waals surface area contributed by atoms with E-state index >= 15 is 0 Å². The first-order chi connectivity index (χ1) is 10.2. The molecule has 1 aromatic carbocycles. The Hall–Kier alpha value is -2.43. The van der Waals surface area contributed by atoms with E-state index in [-0.39, 0.29) is 5.91 Å². The van der Waals surface area contributed by atoms with Crippen molar-refractivity contribution in [2.45, 2.75) is 25.3 Å². The Labute approximate surface area is 122 Å². The van der Waals surface area contributed by atoms with Gasteiger partial charge in [0.05, 0.1) is 11.1 Å². The van der Waals surface area contributed by atoms with E-state index in [0.717, 1.165) is 23.7 Å². The molecule has 1 amide bonds. The highest BCUT2D eigenvalue weighted by molar-refractivity contribution is 6.07. The van der Waals surface area contributed by atoms with Gasteiger partial charge >= 0.3 is 5.97 Å². The summed E-state index contributed by atoms with van der Waals surface area (Å²) in [6, 6.07) is 8.35. The van der Waals surface area contributed by atoms with Crippen LogP contribution in [0.1, 0.15) is 29.6 Å². The monoisotopic (exact) mass is 284 g/mol. The van der Waals surface area contributed by atoms with E-state index in [4.69, 9.17) is 0 Å². The Balaban J connectivity index is 2.01. The minimum atomic E-state index is -0.929. The molecule has 0 saturated carbocycles. The molecule has 2 aromatic rings. The number of carbonyl (C=O) groups excluding carboxylic acids is 1. The van der Waals surface area contributed by atoms with Crippen LogP contribution >= 0.6 is 0 Å². The van der Waals surface area contributed by atoms with Crippen LogP contribution in [0.25, 0.3) is 10.9 Å². The number of carbonyl (C=O) groups is 2. The molecule has 0 radical (unpaired) electrons. The molecule has 0 aliphatic carbocycles. The summed E-state index contributed by atoms with van der Waals surface area (Å²) in [6.07, 6.45) is 3.80. The molecule has 21 heavy (non-hydrogen) atoms. The van der Waals surface area contributed by atoms with Crippen LogP contribution in [0.5, 0.6) is 0 Å². The summed E-state index contributed by atoms with van der Waals surface area (Å²) >= 11 is 0. The Morgan fingerprint density at radius 2 is 2.00 bits per heavy atom. The van der Waals surface area contributed by atoms with Gasteiger partial charge in [-0.3, -0.25) is 9.78 Å². The molecule has 5 nitrogen and oxygen atoms in total. The fourth-order valence-corrected chi connectivity index (χ4v) is 2.87. The molecular formula is C16H16N2O3. The predicted molar refractivity (Wildman–Crippen MR) is 78.1 cm³/mol. The van der Waals surface area contributed by atoms with Gasteiger partial charge in [0.15, 0.2) is 0 Å². The van der Waals surface area contributed by atoms with Crippen molar-refractivity contribution in [2.75, 3.05) is 6.54 Å². The summed E-state index contributed by atoms with van der Waals surface area (Å²) < 4.78 is 0. The summed E-state index contributed by atoms with van der Waals surface area (Å²) in [7, 11) is 0. The highest BCUT2D eigenvalue weighted by atomic mass is 16.4. The van der Waals surface area contributed by atoms with Crippen LogP contribution in [0.2, 0.25) is 0 Å². The Morgan fingerprint density at radius 3 is 2.81 bits per heavy atom. The number of carboxylic acid groups (broad SMARTS) is 1. The number of pyridine rings is 1. The first-order valence-corrected chi connectivity index (χ1v) is 7.06. The average molecular weight is 284 g/mol. The van der Waals surface area contributed by atoms with Crippen molar-refractivity contribution >= 4 is 22.8 Å². The summed E-state index contributed by atoms with van der Waals surface area (Å²) in [5, 5.41) is 10.1. The number of hydrogen-bond donors (Lipinski definition) is 1. The number of nitrogens with zero attached hydrogens (tertiary/aromatic N) is 2. The summed E-state index contributed by atoms with van der Waals surface area (Å²) in [6.45, 7) is 0.493. The molecule has 1 aliphatic heterocycles. The summed E-state index contributed by atoms with van der Waals surface area (Å²) in [5.41, 5.74) is 1.26. The molecule has 108 valence electrons. The second kappa shape index (κ2) is 5.52. The lowest BCUT2D eigenvalue weighted by Gasteiger charge is -2.33. The number of rotatable bonds is 2. The van der Waals surface area contributed by atoms with Crippen molar-refractivity contribution in [1.82, 2.24) is 9.88 Å². The first kappa shape index (κ1) is 13.5. The molecule has 3 rings (SSSR count). The van der Waals surface area contributed by atoms with Gasteiger partial charge in [0.1, 0.15) is 6.04 Å². The van der Waals surface area contributed by atoms with Gasteiger partial charge in [-0.2, -0.15) is 0 Å². The lowest BCUT2D eigenvalue weighted by Crippen LogP contribution is -2.48. The van der Waals surface area contributed by atoms with E-state index < -0.39 is 12.0 Å². The molecule has 2 heterocycles. The smallest absolute Gasteiger partial charge is 0.326 e. The minimum absolute atomic E-state index is 0.222. The van der Waals surface area contributed by atoms with E-state index in [1.807, 2.05) is 24.3 Å². The van der Waals surface area contributed by atoms with Crippen molar-refractivity contribution in [1.29, 1.82) is 0 Å². The maximum atomic E-state index is 12.8. The van der Waals surface area contributed by atoms with Crippen molar-refractivity contribution in [3.63, 3.8) is 0 Å². The molecule has 0 unspecified atom stereocenters. The highest BCUT2D eigenvalue weighted by Crippen LogP contribution is 2.23. The number of aliphatic carboxylic acids is 1. The number of piperidine rings is 1. The third-order valence-electron chi connectivity index (χ3n) is 3.93. The topological polar surface area (TPSA) is 70.5 Å². The lowest BCUT2D eigenvalue weighted by atomic mass is 10.00. The van der Waals surface area contributed by atoms with Gasteiger partial charge in [-0.15, -0.1) is 0 Å². The van der Waals surface area contributed by atoms with Crippen LogP contribution < -0.4 is 0 Å². The zero-order chi connectivity index (χ0) is 14.8. The molecule has 0 bridgehead atoms. The predicted octanol–water partition coefficient (Wildman–Crippen LogP) is 2.31. The van der Waals surface area contributed by atoms with Crippen LogP contribution in [0, 0.1) is 0 Å². The number of hydrogen-bond acceptors (Lipinski definition) is 3. The van der Waals surface area contributed by atoms with Gasteiger partial charge in [0.25, 0.3) is 5.91 Å². The fraction of sp³-hybridized carbons (Fsp3) is 0.312. The average Bonchev–Trinajstić information content (AvgIpc) is 2.53. The van der Waals surface area contributed by atoms with Crippen molar-refractivity contribution in [3.8, 4) is 0 Å². The molecular weight excluding hydrogens is 268 g/mol. The SMILES string of the molecule is O=C(O)[C@H]1CCCCN1C(=O)c1ccnc2ccccc12. The number of para-hydroxylation sites is 1. The summed E-state index contributed by atoms with van der Waals surface area (Å²) in [5.74, 6) is -1.15. The zero-order valence-electron chi connectivity index (χ0n) is 11.5. The molecule has 1 saturated heterocycles. The first-order valence-electron chi connectivity index (χ1n) is 7.06. The second-order valence-electron chi connectivity index (χ2n) is 5.22. The third kappa shape index (κ3) is 2.46. The van der Waals surface area contributed by atoms with Crippen molar-refractivity contribution < 1.29 is 14.7 Å². The van der Waals surface area contributed by atoms with E-state index in [1.165, 1.54) is 4.90 Å².